The first-order chi connectivity index (χ1) is 13.1. The lowest BCUT2D eigenvalue weighted by Crippen LogP contribution is -2.08. The molecule has 1 atom stereocenters. The van der Waals surface area contributed by atoms with Gasteiger partial charge in [-0.2, -0.15) is 0 Å². The van der Waals surface area contributed by atoms with Crippen LogP contribution in [0.4, 0.5) is 5.82 Å². The second kappa shape index (κ2) is 7.31. The van der Waals surface area contributed by atoms with E-state index in [0.29, 0.717) is 11.7 Å². The van der Waals surface area contributed by atoms with Crippen molar-refractivity contribution in [3.63, 3.8) is 0 Å². The highest BCUT2D eigenvalue weighted by Crippen LogP contribution is 2.33. The molecule has 2 N–H and O–H groups in total. The first-order valence-electron chi connectivity index (χ1n) is 9.37. The Morgan fingerprint density at radius 3 is 2.63 bits per heavy atom. The lowest BCUT2D eigenvalue weighted by atomic mass is 10.1. The highest BCUT2D eigenvalue weighted by Gasteiger charge is 2.21. The third-order valence-electron chi connectivity index (χ3n) is 5.04. The van der Waals surface area contributed by atoms with Crippen molar-refractivity contribution >= 4 is 43.7 Å². The van der Waals surface area contributed by atoms with Crippen molar-refractivity contribution in [3.05, 3.63) is 64.4 Å². The Hall–Kier alpha value is -2.40. The van der Waals surface area contributed by atoms with Gasteiger partial charge in [0.1, 0.15) is 11.3 Å². The smallest absolute Gasteiger partial charge is 0.152 e. The fourth-order valence-corrected chi connectivity index (χ4v) is 4.12. The molecule has 0 radical (unpaired) electrons. The zero-order chi connectivity index (χ0) is 19.0. The number of rotatable bonds is 5. The number of fused-ring (bicyclic) bond motifs is 3. The summed E-state index contributed by atoms with van der Waals surface area (Å²) < 4.78 is 3.33. The van der Waals surface area contributed by atoms with Crippen molar-refractivity contribution in [2.24, 2.45) is 0 Å². The zero-order valence-electron chi connectivity index (χ0n) is 15.6. The number of hydrogen-bond donors (Lipinski definition) is 1. The summed E-state index contributed by atoms with van der Waals surface area (Å²) in [6, 6.07) is 16.7. The predicted octanol–water partition coefficient (Wildman–Crippen LogP) is 5.88. The van der Waals surface area contributed by atoms with Crippen LogP contribution in [0.2, 0.25) is 0 Å². The Kier molecular flexibility index (Phi) is 4.87. The first-order valence-corrected chi connectivity index (χ1v) is 10.2. The molecular weight excluding hydrogens is 400 g/mol. The van der Waals surface area contributed by atoms with E-state index in [1.54, 1.807) is 0 Å². The van der Waals surface area contributed by atoms with Gasteiger partial charge in [-0.3, -0.25) is 0 Å². The summed E-state index contributed by atoms with van der Waals surface area (Å²) in [6.07, 6.45) is 2.21. The number of anilines is 1. The molecule has 4 rings (SSSR count). The fourth-order valence-electron chi connectivity index (χ4n) is 3.77. The Bertz CT molecular complexity index is 1100. The van der Waals surface area contributed by atoms with E-state index in [1.165, 1.54) is 5.56 Å². The Labute approximate surface area is 167 Å². The topological polar surface area (TPSA) is 56.7 Å². The van der Waals surface area contributed by atoms with Gasteiger partial charge in [-0.25, -0.2) is 9.97 Å². The molecule has 27 heavy (non-hydrogen) atoms. The van der Waals surface area contributed by atoms with E-state index in [1.807, 2.05) is 12.1 Å². The average molecular weight is 423 g/mol. The van der Waals surface area contributed by atoms with Gasteiger partial charge in [-0.05, 0) is 30.2 Å². The summed E-state index contributed by atoms with van der Waals surface area (Å²) in [6.45, 7) is 5.23. The number of nitrogens with zero attached hydrogens (tertiary/aromatic N) is 3. The monoisotopic (exact) mass is 422 g/mol. The summed E-state index contributed by atoms with van der Waals surface area (Å²) in [4.78, 5) is 9.57. The van der Waals surface area contributed by atoms with E-state index in [4.69, 9.17) is 10.7 Å². The molecule has 0 saturated carbocycles. The molecule has 0 fully saturated rings. The third-order valence-corrected chi connectivity index (χ3v) is 5.53. The van der Waals surface area contributed by atoms with E-state index in [9.17, 15) is 0 Å². The van der Waals surface area contributed by atoms with Gasteiger partial charge in [0, 0.05) is 22.3 Å². The van der Waals surface area contributed by atoms with Crippen molar-refractivity contribution in [2.45, 2.75) is 39.2 Å². The van der Waals surface area contributed by atoms with Crippen LogP contribution in [0.5, 0.6) is 0 Å². The normalized spacial score (nSPS) is 12.7. The van der Waals surface area contributed by atoms with Gasteiger partial charge in [0.2, 0.25) is 0 Å². The van der Waals surface area contributed by atoms with Crippen LogP contribution in [0, 0.1) is 0 Å². The van der Waals surface area contributed by atoms with Crippen LogP contribution in [0.25, 0.3) is 21.9 Å². The standard InChI is InChI=1S/C22H23BrN4/c1-3-7-14(2)22-26-19-20(27(22)13-15-8-5-4-6-9-15)17-11-10-16(23)12-18(17)25-21(19)24/h4-6,8-12,14H,3,7,13H2,1-2H3,(H2,24,25). The molecular formula is C22H23BrN4. The average Bonchev–Trinajstić information content (AvgIpc) is 3.03. The molecule has 0 bridgehead atoms. The molecule has 1 unspecified atom stereocenters. The van der Waals surface area contributed by atoms with E-state index >= 15 is 0 Å². The highest BCUT2D eigenvalue weighted by atomic mass is 79.9. The Balaban J connectivity index is 2.02. The van der Waals surface area contributed by atoms with Crippen LogP contribution < -0.4 is 5.73 Å². The van der Waals surface area contributed by atoms with Gasteiger partial charge in [0.05, 0.1) is 11.0 Å². The van der Waals surface area contributed by atoms with Crippen LogP contribution in [0.3, 0.4) is 0 Å². The molecule has 0 aliphatic heterocycles. The van der Waals surface area contributed by atoms with Crippen LogP contribution in [-0.4, -0.2) is 14.5 Å². The van der Waals surface area contributed by atoms with Crippen LogP contribution in [0.15, 0.2) is 53.0 Å². The van der Waals surface area contributed by atoms with E-state index < -0.39 is 0 Å². The number of halogens is 1. The number of pyridine rings is 1. The van der Waals surface area contributed by atoms with E-state index in [2.05, 4.69) is 75.7 Å². The molecule has 5 heteroatoms. The number of nitrogen functional groups attached to an aromatic ring is 1. The number of imidazole rings is 1. The van der Waals surface area contributed by atoms with Crippen molar-refractivity contribution < 1.29 is 0 Å². The van der Waals surface area contributed by atoms with Crippen molar-refractivity contribution in [3.8, 4) is 0 Å². The lowest BCUT2D eigenvalue weighted by molar-refractivity contribution is 0.593. The van der Waals surface area contributed by atoms with E-state index in [0.717, 1.165) is 51.6 Å². The molecule has 0 aliphatic rings. The Morgan fingerprint density at radius 2 is 1.89 bits per heavy atom. The molecule has 2 aromatic heterocycles. The van der Waals surface area contributed by atoms with Gasteiger partial charge < -0.3 is 10.3 Å². The third kappa shape index (κ3) is 3.32. The molecule has 0 aliphatic carbocycles. The van der Waals surface area contributed by atoms with Crippen molar-refractivity contribution in [1.82, 2.24) is 14.5 Å². The van der Waals surface area contributed by atoms with Gasteiger partial charge in [-0.1, -0.05) is 66.5 Å². The Morgan fingerprint density at radius 1 is 1.11 bits per heavy atom. The highest BCUT2D eigenvalue weighted by molar-refractivity contribution is 9.10. The summed E-state index contributed by atoms with van der Waals surface area (Å²) in [5, 5.41) is 1.08. The predicted molar refractivity (Wildman–Crippen MR) is 116 cm³/mol. The zero-order valence-corrected chi connectivity index (χ0v) is 17.2. The van der Waals surface area contributed by atoms with Crippen molar-refractivity contribution in [2.75, 3.05) is 5.73 Å². The number of nitrogens with two attached hydrogens (primary N) is 1. The maximum absolute atomic E-state index is 6.32. The largest absolute Gasteiger partial charge is 0.382 e. The van der Waals surface area contributed by atoms with Gasteiger partial charge >= 0.3 is 0 Å². The minimum Gasteiger partial charge on any atom is -0.382 e. The van der Waals surface area contributed by atoms with Crippen LogP contribution in [-0.2, 0) is 6.54 Å². The van der Waals surface area contributed by atoms with E-state index in [-0.39, 0.29) is 0 Å². The molecule has 4 nitrogen and oxygen atoms in total. The van der Waals surface area contributed by atoms with Gasteiger partial charge in [-0.15, -0.1) is 0 Å². The molecule has 2 aromatic carbocycles. The first kappa shape index (κ1) is 18.0. The second-order valence-corrected chi connectivity index (χ2v) is 8.00. The molecule has 2 heterocycles. The van der Waals surface area contributed by atoms with Gasteiger partial charge in [0.15, 0.2) is 5.82 Å². The lowest BCUT2D eigenvalue weighted by Gasteiger charge is -2.15. The van der Waals surface area contributed by atoms with Crippen LogP contribution in [0.1, 0.15) is 44.0 Å². The van der Waals surface area contributed by atoms with Crippen molar-refractivity contribution in [1.29, 1.82) is 0 Å². The van der Waals surface area contributed by atoms with Crippen LogP contribution >= 0.6 is 15.9 Å². The fraction of sp³-hybridized carbons (Fsp3) is 0.273. The molecule has 0 amide bonds. The summed E-state index contributed by atoms with van der Waals surface area (Å²) in [5.41, 5.74) is 10.3. The maximum atomic E-state index is 6.32. The minimum absolute atomic E-state index is 0.357. The number of benzene rings is 2. The molecule has 0 saturated heterocycles. The number of hydrogen-bond acceptors (Lipinski definition) is 3. The molecule has 4 aromatic rings. The summed E-state index contributed by atoms with van der Waals surface area (Å²) >= 11 is 3.54. The SMILES string of the molecule is CCCC(C)c1nc2c(N)nc3cc(Br)ccc3c2n1Cc1ccccc1. The minimum atomic E-state index is 0.357. The molecule has 0 spiro atoms. The van der Waals surface area contributed by atoms with Gasteiger partial charge in [0.25, 0.3) is 0 Å². The molecule has 138 valence electrons. The number of aromatic nitrogens is 3. The second-order valence-electron chi connectivity index (χ2n) is 7.09. The summed E-state index contributed by atoms with van der Waals surface area (Å²) in [7, 11) is 0. The maximum Gasteiger partial charge on any atom is 0.152 e. The summed E-state index contributed by atoms with van der Waals surface area (Å²) in [5.74, 6) is 1.93. The quantitative estimate of drug-likeness (QED) is 0.436.